The van der Waals surface area contributed by atoms with E-state index in [1.165, 1.54) is 18.2 Å². The third-order valence-electron chi connectivity index (χ3n) is 3.93. The van der Waals surface area contributed by atoms with E-state index in [9.17, 15) is 19.8 Å². The molecular weight excluding hydrogens is 364 g/mol. The van der Waals surface area contributed by atoms with Gasteiger partial charge in [0.25, 0.3) is 10.9 Å². The van der Waals surface area contributed by atoms with Crippen molar-refractivity contribution in [1.82, 2.24) is 10.2 Å². The molecule has 0 amide bonds. The van der Waals surface area contributed by atoms with Crippen LogP contribution < -0.4 is 21.6 Å². The van der Waals surface area contributed by atoms with Gasteiger partial charge in [-0.25, -0.2) is 0 Å². The van der Waals surface area contributed by atoms with Crippen molar-refractivity contribution in [2.45, 2.75) is 0 Å². The number of H-pyrrole nitrogens is 1. The molecule has 1 aliphatic carbocycles. The first kappa shape index (κ1) is 17.1. The van der Waals surface area contributed by atoms with Gasteiger partial charge in [-0.15, -0.1) is 5.11 Å². The molecule has 4 rings (SSSR count). The van der Waals surface area contributed by atoms with E-state index in [-0.39, 0.29) is 22.4 Å². The van der Waals surface area contributed by atoms with Gasteiger partial charge in [0.15, 0.2) is 17.2 Å². The van der Waals surface area contributed by atoms with Gasteiger partial charge >= 0.3 is 0 Å². The summed E-state index contributed by atoms with van der Waals surface area (Å²) in [5.41, 5.74) is 1.97. The van der Waals surface area contributed by atoms with Gasteiger partial charge in [-0.2, -0.15) is 15.3 Å². The highest BCUT2D eigenvalue weighted by molar-refractivity contribution is 5.70. The van der Waals surface area contributed by atoms with E-state index < -0.39 is 22.4 Å². The van der Waals surface area contributed by atoms with Crippen LogP contribution in [0.5, 0.6) is 11.5 Å². The number of fused-ring (bicyclic) bond motifs is 1. The molecule has 2 aromatic carbocycles. The van der Waals surface area contributed by atoms with Crippen LogP contribution in [0.1, 0.15) is 0 Å². The maximum absolute atomic E-state index is 11.9. The Labute approximate surface area is 156 Å². The van der Waals surface area contributed by atoms with Gasteiger partial charge < -0.3 is 10.2 Å². The molecule has 0 aromatic heterocycles. The number of benzene rings is 3. The van der Waals surface area contributed by atoms with Crippen molar-refractivity contribution in [1.29, 1.82) is 0 Å². The van der Waals surface area contributed by atoms with E-state index in [0.29, 0.717) is 11.4 Å². The summed E-state index contributed by atoms with van der Waals surface area (Å²) in [4.78, 5) is 23.7. The zero-order chi connectivity index (χ0) is 19.7. The number of anilines is 1. The van der Waals surface area contributed by atoms with Crippen molar-refractivity contribution in [3.8, 4) is 22.9 Å². The molecule has 28 heavy (non-hydrogen) atoms. The predicted octanol–water partition coefficient (Wildman–Crippen LogP) is 1.86. The van der Waals surface area contributed by atoms with Crippen molar-refractivity contribution in [3.05, 3.63) is 74.3 Å². The summed E-state index contributed by atoms with van der Waals surface area (Å²) in [5, 5.41) is 38.0. The van der Waals surface area contributed by atoms with Crippen molar-refractivity contribution in [3.63, 3.8) is 0 Å². The Morgan fingerprint density at radius 1 is 0.929 bits per heavy atom. The summed E-state index contributed by atoms with van der Waals surface area (Å²) in [6, 6.07) is 13.0. The van der Waals surface area contributed by atoms with E-state index in [1.54, 1.807) is 24.3 Å². The van der Waals surface area contributed by atoms with Crippen LogP contribution >= 0.6 is 0 Å². The fraction of sp³-hybridized carbons (Fsp3) is 0. The molecule has 0 radical (unpaired) electrons. The lowest BCUT2D eigenvalue weighted by molar-refractivity contribution is 0.406. The monoisotopic (exact) mass is 376 g/mol. The average Bonchev–Trinajstić information content (AvgIpc) is 2.68. The molecule has 0 saturated heterocycles. The normalized spacial score (nSPS) is 12.2. The first-order chi connectivity index (χ1) is 13.5. The summed E-state index contributed by atoms with van der Waals surface area (Å²) < 4.78 is 0. The smallest absolute Gasteiger partial charge is 0.257 e. The third kappa shape index (κ3) is 2.98. The number of phenols is 2. The minimum atomic E-state index is -0.825. The number of nitrogens with zero attached hydrogens (tertiary/aromatic N) is 4. The molecule has 1 aliphatic heterocycles. The first-order valence-electron chi connectivity index (χ1n) is 8.05. The van der Waals surface area contributed by atoms with Gasteiger partial charge in [0.05, 0.1) is 11.4 Å². The van der Waals surface area contributed by atoms with Crippen molar-refractivity contribution in [2.75, 3.05) is 5.43 Å². The topological polar surface area (TPSA) is 152 Å². The van der Waals surface area contributed by atoms with Crippen LogP contribution in [-0.2, 0) is 0 Å². The van der Waals surface area contributed by atoms with Crippen LogP contribution in [0.3, 0.4) is 0 Å². The minimum absolute atomic E-state index is 0.0170. The molecule has 10 nitrogen and oxygen atoms in total. The second-order valence-corrected chi connectivity index (χ2v) is 5.76. The van der Waals surface area contributed by atoms with E-state index in [4.69, 9.17) is 0 Å². The van der Waals surface area contributed by atoms with Gasteiger partial charge in [0.2, 0.25) is 0 Å². The zero-order valence-corrected chi connectivity index (χ0v) is 14.1. The molecule has 0 fully saturated rings. The number of azo groups is 1. The molecule has 0 atom stereocenters. The number of hydrogen-bond donors (Lipinski definition) is 4. The van der Waals surface area contributed by atoms with Crippen LogP contribution in [0, 0.1) is 0 Å². The molecule has 0 unspecified atom stereocenters. The molecule has 0 saturated carbocycles. The SMILES string of the molecule is O=c1c2n[nH]c-2c/c(=N\Nc2ccc(N=Nc3ccccc3)c(O)c2O)c1=O. The minimum Gasteiger partial charge on any atom is -0.503 e. The lowest BCUT2D eigenvalue weighted by atomic mass is 10.2. The van der Waals surface area contributed by atoms with Gasteiger partial charge in [-0.05, 0) is 30.3 Å². The maximum atomic E-state index is 11.9. The Kier molecular flexibility index (Phi) is 4.13. The second kappa shape index (κ2) is 6.76. The first-order valence-corrected chi connectivity index (χ1v) is 8.05. The number of phenolic OH excluding ortho intramolecular Hbond substituents is 2. The average molecular weight is 376 g/mol. The third-order valence-corrected chi connectivity index (χ3v) is 3.93. The Morgan fingerprint density at radius 2 is 1.71 bits per heavy atom. The van der Waals surface area contributed by atoms with Gasteiger partial charge in [0, 0.05) is 0 Å². The van der Waals surface area contributed by atoms with E-state index in [0.717, 1.165) is 0 Å². The zero-order valence-electron chi connectivity index (χ0n) is 14.1. The Morgan fingerprint density at radius 3 is 2.43 bits per heavy atom. The largest absolute Gasteiger partial charge is 0.503 e. The molecule has 0 bridgehead atoms. The van der Waals surface area contributed by atoms with E-state index >= 15 is 0 Å². The van der Waals surface area contributed by atoms with Gasteiger partial charge in [0.1, 0.15) is 16.7 Å². The molecule has 4 N–H and O–H groups in total. The Balaban J connectivity index is 1.63. The molecule has 10 heteroatoms. The van der Waals surface area contributed by atoms with Crippen molar-refractivity contribution >= 4 is 17.1 Å². The fourth-order valence-electron chi connectivity index (χ4n) is 2.43. The van der Waals surface area contributed by atoms with Gasteiger partial charge in [-0.3, -0.25) is 20.1 Å². The van der Waals surface area contributed by atoms with Gasteiger partial charge in [-0.1, -0.05) is 18.2 Å². The number of aromatic amines is 1. The molecule has 1 heterocycles. The highest BCUT2D eigenvalue weighted by Gasteiger charge is 2.17. The summed E-state index contributed by atoms with van der Waals surface area (Å²) in [7, 11) is 0. The number of aromatic hydroxyl groups is 2. The number of nitrogens with one attached hydrogen (secondary N) is 2. The maximum Gasteiger partial charge on any atom is 0.257 e. The standard InChI is InChI=1S/C18H12N6O4/c25-15-10(20-19-9-4-2-1-3-5-9)6-7-11(16(15)26)21-23-13-8-12-14(24-22-12)18(28)17(13)27/h1-8,21-22,25-26H/b20-19?,23-13+. The summed E-state index contributed by atoms with van der Waals surface area (Å²) in [6.07, 6.45) is 0. The van der Waals surface area contributed by atoms with E-state index in [2.05, 4.69) is 31.0 Å². The Bertz CT molecular complexity index is 1300. The van der Waals surface area contributed by atoms with Crippen molar-refractivity contribution < 1.29 is 10.2 Å². The number of rotatable bonds is 4. The van der Waals surface area contributed by atoms with Crippen molar-refractivity contribution in [2.24, 2.45) is 15.3 Å². The molecule has 2 aromatic rings. The summed E-state index contributed by atoms with van der Waals surface area (Å²) >= 11 is 0. The molecule has 0 spiro atoms. The number of aromatic nitrogens is 2. The highest BCUT2D eigenvalue weighted by Crippen LogP contribution is 2.41. The molecular formula is C18H12N6O4. The molecule has 138 valence electrons. The number of hydrogen-bond acceptors (Lipinski definition) is 9. The highest BCUT2D eigenvalue weighted by atomic mass is 16.3. The van der Waals surface area contributed by atoms with Crippen LogP contribution in [0.4, 0.5) is 17.1 Å². The van der Waals surface area contributed by atoms with Crippen LogP contribution in [0.25, 0.3) is 11.4 Å². The quantitative estimate of drug-likeness (QED) is 0.185. The van der Waals surface area contributed by atoms with Crippen LogP contribution in [0.2, 0.25) is 0 Å². The fourth-order valence-corrected chi connectivity index (χ4v) is 2.43. The van der Waals surface area contributed by atoms with Crippen LogP contribution in [-0.4, -0.2) is 20.4 Å². The van der Waals surface area contributed by atoms with Crippen LogP contribution in [0.15, 0.2) is 73.4 Å². The lowest BCUT2D eigenvalue weighted by Crippen LogP contribution is -2.42. The second-order valence-electron chi connectivity index (χ2n) is 5.76. The van der Waals surface area contributed by atoms with E-state index in [1.807, 2.05) is 6.07 Å². The molecule has 2 aliphatic rings. The summed E-state index contributed by atoms with van der Waals surface area (Å²) in [5.74, 6) is -1.04. The predicted molar refractivity (Wildman–Crippen MR) is 99.7 cm³/mol. The summed E-state index contributed by atoms with van der Waals surface area (Å²) in [6.45, 7) is 0. The lowest BCUT2D eigenvalue weighted by Gasteiger charge is -2.07. The Hall–Kier alpha value is -4.34.